The molecule has 2 rings (SSSR count). The van der Waals surface area contributed by atoms with Gasteiger partial charge in [0.25, 0.3) is 0 Å². The highest BCUT2D eigenvalue weighted by molar-refractivity contribution is 9.10. The number of likely N-dealkylation sites (tertiary alicyclic amines) is 1. The lowest BCUT2D eigenvalue weighted by Crippen LogP contribution is -2.30. The SMILES string of the molecule is CC(C)(C)C1CCC(=O)N(Cc2ccccc2Br)CC1. The van der Waals surface area contributed by atoms with Crippen LogP contribution in [0.25, 0.3) is 0 Å². The highest BCUT2D eigenvalue weighted by Gasteiger charge is 2.29. The van der Waals surface area contributed by atoms with E-state index in [-0.39, 0.29) is 0 Å². The lowest BCUT2D eigenvalue weighted by atomic mass is 9.77. The van der Waals surface area contributed by atoms with Crippen molar-refractivity contribution in [1.29, 1.82) is 0 Å². The molecule has 1 amide bonds. The third-order valence-corrected chi connectivity index (χ3v) is 5.12. The number of amides is 1. The maximum absolute atomic E-state index is 12.3. The highest BCUT2D eigenvalue weighted by atomic mass is 79.9. The van der Waals surface area contributed by atoms with Gasteiger partial charge < -0.3 is 4.90 Å². The smallest absolute Gasteiger partial charge is 0.222 e. The van der Waals surface area contributed by atoms with Crippen molar-refractivity contribution in [3.8, 4) is 0 Å². The summed E-state index contributed by atoms with van der Waals surface area (Å²) < 4.78 is 1.09. The van der Waals surface area contributed by atoms with Crippen molar-refractivity contribution in [1.82, 2.24) is 4.90 Å². The maximum atomic E-state index is 12.3. The molecule has 20 heavy (non-hydrogen) atoms. The lowest BCUT2D eigenvalue weighted by Gasteiger charge is -2.29. The molecule has 1 fully saturated rings. The Bertz CT molecular complexity index is 478. The minimum Gasteiger partial charge on any atom is -0.338 e. The van der Waals surface area contributed by atoms with Crippen LogP contribution in [0.2, 0.25) is 0 Å². The van der Waals surface area contributed by atoms with Crippen molar-refractivity contribution in [2.45, 2.75) is 46.6 Å². The van der Waals surface area contributed by atoms with Crippen LogP contribution in [0.3, 0.4) is 0 Å². The number of rotatable bonds is 2. The Morgan fingerprint density at radius 3 is 2.60 bits per heavy atom. The van der Waals surface area contributed by atoms with E-state index in [2.05, 4.69) is 42.8 Å². The van der Waals surface area contributed by atoms with Crippen LogP contribution in [0.4, 0.5) is 0 Å². The van der Waals surface area contributed by atoms with Crippen LogP contribution in [0, 0.1) is 11.3 Å². The summed E-state index contributed by atoms with van der Waals surface area (Å²) in [6.45, 7) is 8.45. The van der Waals surface area contributed by atoms with Crippen molar-refractivity contribution < 1.29 is 4.79 Å². The van der Waals surface area contributed by atoms with Crippen molar-refractivity contribution >= 4 is 21.8 Å². The van der Waals surface area contributed by atoms with Crippen LogP contribution in [0.1, 0.15) is 45.6 Å². The first-order chi connectivity index (χ1) is 9.38. The van der Waals surface area contributed by atoms with Crippen LogP contribution in [-0.4, -0.2) is 17.4 Å². The van der Waals surface area contributed by atoms with E-state index in [1.165, 1.54) is 5.56 Å². The van der Waals surface area contributed by atoms with Crippen molar-refractivity contribution in [2.75, 3.05) is 6.54 Å². The van der Waals surface area contributed by atoms with E-state index < -0.39 is 0 Å². The Kier molecular flexibility index (Phi) is 4.90. The highest BCUT2D eigenvalue weighted by Crippen LogP contribution is 2.35. The van der Waals surface area contributed by atoms with E-state index in [1.807, 2.05) is 23.1 Å². The zero-order valence-electron chi connectivity index (χ0n) is 12.7. The van der Waals surface area contributed by atoms with Gasteiger partial charge in [-0.25, -0.2) is 0 Å². The summed E-state index contributed by atoms with van der Waals surface area (Å²) in [5, 5.41) is 0. The Hall–Kier alpha value is -0.830. The summed E-state index contributed by atoms with van der Waals surface area (Å²) >= 11 is 3.57. The molecule has 1 aliphatic rings. The number of benzene rings is 1. The molecule has 0 aliphatic carbocycles. The maximum Gasteiger partial charge on any atom is 0.222 e. The van der Waals surface area contributed by atoms with Crippen LogP contribution >= 0.6 is 15.9 Å². The summed E-state index contributed by atoms with van der Waals surface area (Å²) in [5.74, 6) is 0.933. The van der Waals surface area contributed by atoms with Gasteiger partial charge in [0.2, 0.25) is 5.91 Å². The van der Waals surface area contributed by atoms with Gasteiger partial charge >= 0.3 is 0 Å². The molecule has 3 heteroatoms. The van der Waals surface area contributed by atoms with Crippen LogP contribution in [0.15, 0.2) is 28.7 Å². The van der Waals surface area contributed by atoms with Crippen molar-refractivity contribution in [3.63, 3.8) is 0 Å². The summed E-state index contributed by atoms with van der Waals surface area (Å²) in [6, 6.07) is 8.16. The molecule has 0 spiro atoms. The topological polar surface area (TPSA) is 20.3 Å². The number of hydrogen-bond acceptors (Lipinski definition) is 1. The Balaban J connectivity index is 2.06. The van der Waals surface area contributed by atoms with E-state index in [9.17, 15) is 4.79 Å². The van der Waals surface area contributed by atoms with Gasteiger partial charge in [-0.05, 0) is 35.8 Å². The predicted molar refractivity (Wildman–Crippen MR) is 86.4 cm³/mol. The molecule has 1 atom stereocenters. The van der Waals surface area contributed by atoms with Crippen molar-refractivity contribution in [2.24, 2.45) is 11.3 Å². The van der Waals surface area contributed by atoms with Gasteiger partial charge in [-0.15, -0.1) is 0 Å². The van der Waals surface area contributed by atoms with Crippen LogP contribution < -0.4 is 0 Å². The van der Waals surface area contributed by atoms with Gasteiger partial charge in [-0.1, -0.05) is 54.9 Å². The minimum absolute atomic E-state index is 0.295. The summed E-state index contributed by atoms with van der Waals surface area (Å²) in [6.07, 6.45) is 2.82. The molecule has 0 bridgehead atoms. The Labute approximate surface area is 130 Å². The van der Waals surface area contributed by atoms with Gasteiger partial charge in [0.1, 0.15) is 0 Å². The molecule has 0 saturated carbocycles. The second-order valence-electron chi connectivity index (χ2n) is 6.80. The number of nitrogens with zero attached hydrogens (tertiary/aromatic N) is 1. The van der Waals surface area contributed by atoms with E-state index in [4.69, 9.17) is 0 Å². The number of hydrogen-bond donors (Lipinski definition) is 0. The van der Waals surface area contributed by atoms with Crippen LogP contribution in [0.5, 0.6) is 0 Å². The summed E-state index contributed by atoms with van der Waals surface area (Å²) in [7, 11) is 0. The lowest BCUT2D eigenvalue weighted by molar-refractivity contribution is -0.131. The molecule has 1 heterocycles. The molecule has 110 valence electrons. The second kappa shape index (κ2) is 6.30. The Morgan fingerprint density at radius 1 is 1.25 bits per heavy atom. The monoisotopic (exact) mass is 337 g/mol. The summed E-state index contributed by atoms with van der Waals surface area (Å²) in [4.78, 5) is 14.3. The number of halogens is 1. The third kappa shape index (κ3) is 3.85. The standard InChI is InChI=1S/C17H24BrNO/c1-17(2,3)14-8-9-16(20)19(11-10-14)12-13-6-4-5-7-15(13)18/h4-7,14H,8-12H2,1-3H3. The fourth-order valence-electron chi connectivity index (χ4n) is 2.90. The predicted octanol–water partition coefficient (Wildman–Crippen LogP) is 4.62. The van der Waals surface area contributed by atoms with E-state index in [0.717, 1.165) is 30.4 Å². The molecule has 2 nitrogen and oxygen atoms in total. The van der Waals surface area contributed by atoms with E-state index in [0.29, 0.717) is 23.7 Å². The van der Waals surface area contributed by atoms with E-state index >= 15 is 0 Å². The van der Waals surface area contributed by atoms with Gasteiger partial charge in [0.05, 0.1) is 0 Å². The fourth-order valence-corrected chi connectivity index (χ4v) is 3.31. The van der Waals surface area contributed by atoms with Gasteiger partial charge in [0.15, 0.2) is 0 Å². The fraction of sp³-hybridized carbons (Fsp3) is 0.588. The zero-order chi connectivity index (χ0) is 14.8. The number of carbonyl (C=O) groups is 1. The number of carbonyl (C=O) groups excluding carboxylic acids is 1. The minimum atomic E-state index is 0.295. The summed E-state index contributed by atoms with van der Waals surface area (Å²) in [5.41, 5.74) is 1.49. The quantitative estimate of drug-likeness (QED) is 0.770. The first kappa shape index (κ1) is 15.6. The molecular formula is C17H24BrNO. The van der Waals surface area contributed by atoms with Gasteiger partial charge in [-0.2, -0.15) is 0 Å². The average Bonchev–Trinajstić information content (AvgIpc) is 2.55. The van der Waals surface area contributed by atoms with Gasteiger partial charge in [-0.3, -0.25) is 4.79 Å². The van der Waals surface area contributed by atoms with E-state index in [1.54, 1.807) is 0 Å². The molecule has 1 unspecified atom stereocenters. The molecule has 1 aliphatic heterocycles. The molecule has 1 saturated heterocycles. The second-order valence-corrected chi connectivity index (χ2v) is 7.65. The van der Waals surface area contributed by atoms with Gasteiger partial charge in [0, 0.05) is 24.0 Å². The van der Waals surface area contributed by atoms with Crippen LogP contribution in [-0.2, 0) is 11.3 Å². The zero-order valence-corrected chi connectivity index (χ0v) is 14.2. The average molecular weight is 338 g/mol. The first-order valence-corrected chi connectivity index (χ1v) is 8.18. The van der Waals surface area contributed by atoms with Crippen molar-refractivity contribution in [3.05, 3.63) is 34.3 Å². The molecule has 0 aromatic heterocycles. The normalized spacial score (nSPS) is 20.9. The Morgan fingerprint density at radius 2 is 1.95 bits per heavy atom. The molecule has 1 aromatic carbocycles. The molecule has 0 N–H and O–H groups in total. The molecule has 1 aromatic rings. The largest absolute Gasteiger partial charge is 0.338 e. The molecular weight excluding hydrogens is 314 g/mol. The first-order valence-electron chi connectivity index (χ1n) is 7.39. The molecule has 0 radical (unpaired) electrons. The third-order valence-electron chi connectivity index (χ3n) is 4.35.